The van der Waals surface area contributed by atoms with Crippen molar-refractivity contribution in [2.75, 3.05) is 20.3 Å². The zero-order valence-corrected chi connectivity index (χ0v) is 16.0. The van der Waals surface area contributed by atoms with Crippen molar-refractivity contribution < 1.29 is 19.0 Å². The molecule has 27 heavy (non-hydrogen) atoms. The van der Waals surface area contributed by atoms with Crippen LogP contribution in [-0.4, -0.2) is 32.3 Å². The molecule has 2 aromatic carbocycles. The number of fused-ring (bicyclic) bond motifs is 1. The fraction of sp³-hybridized carbons (Fsp3) is 0.409. The first kappa shape index (κ1) is 19.1. The summed E-state index contributed by atoms with van der Waals surface area (Å²) >= 11 is 0. The number of nitrogens with one attached hydrogen (secondary N) is 1. The van der Waals surface area contributed by atoms with Crippen LogP contribution >= 0.6 is 0 Å². The predicted molar refractivity (Wildman–Crippen MR) is 105 cm³/mol. The summed E-state index contributed by atoms with van der Waals surface area (Å²) < 4.78 is 16.6. The molecule has 0 fully saturated rings. The Labute approximate surface area is 160 Å². The second kappa shape index (κ2) is 9.31. The minimum absolute atomic E-state index is 0.151. The number of amides is 1. The van der Waals surface area contributed by atoms with Gasteiger partial charge in [0.05, 0.1) is 13.7 Å². The molecule has 5 heteroatoms. The summed E-state index contributed by atoms with van der Waals surface area (Å²) in [6, 6.07) is 13.5. The molecular formula is C22H27NO4. The van der Waals surface area contributed by atoms with Crippen molar-refractivity contribution in [2.24, 2.45) is 0 Å². The highest BCUT2D eigenvalue weighted by molar-refractivity contribution is 5.80. The van der Waals surface area contributed by atoms with Crippen LogP contribution in [0.5, 0.6) is 17.2 Å². The first-order valence-corrected chi connectivity index (χ1v) is 9.49. The molecule has 0 radical (unpaired) electrons. The van der Waals surface area contributed by atoms with Crippen LogP contribution < -0.4 is 19.5 Å². The largest absolute Gasteiger partial charge is 0.497 e. The zero-order chi connectivity index (χ0) is 19.1. The van der Waals surface area contributed by atoms with Gasteiger partial charge in [0.25, 0.3) is 5.91 Å². The van der Waals surface area contributed by atoms with Crippen molar-refractivity contribution in [2.45, 2.75) is 38.7 Å². The monoisotopic (exact) mass is 369 g/mol. The topological polar surface area (TPSA) is 56.8 Å². The molecule has 0 saturated heterocycles. The Balaban J connectivity index is 1.42. The van der Waals surface area contributed by atoms with E-state index in [-0.39, 0.29) is 5.91 Å². The molecule has 1 amide bonds. The molecule has 1 aliphatic rings. The van der Waals surface area contributed by atoms with Crippen LogP contribution in [0.2, 0.25) is 0 Å². The maximum Gasteiger partial charge on any atom is 0.260 e. The summed E-state index contributed by atoms with van der Waals surface area (Å²) in [6.45, 7) is 2.55. The van der Waals surface area contributed by atoms with Gasteiger partial charge < -0.3 is 19.5 Å². The smallest absolute Gasteiger partial charge is 0.260 e. The van der Waals surface area contributed by atoms with Crippen molar-refractivity contribution in [1.82, 2.24) is 5.32 Å². The van der Waals surface area contributed by atoms with Gasteiger partial charge in [-0.2, -0.15) is 0 Å². The van der Waals surface area contributed by atoms with E-state index < -0.39 is 6.10 Å². The second-order valence-electron chi connectivity index (χ2n) is 6.72. The Hall–Kier alpha value is -2.69. The number of hydrogen-bond donors (Lipinski definition) is 1. The summed E-state index contributed by atoms with van der Waals surface area (Å²) in [7, 11) is 1.61. The Kier molecular flexibility index (Phi) is 6.58. The number of rotatable bonds is 8. The van der Waals surface area contributed by atoms with Crippen LogP contribution in [0, 0.1) is 0 Å². The Morgan fingerprint density at radius 2 is 1.81 bits per heavy atom. The van der Waals surface area contributed by atoms with Crippen LogP contribution in [-0.2, 0) is 17.6 Å². The third-order valence-corrected chi connectivity index (χ3v) is 4.71. The van der Waals surface area contributed by atoms with E-state index in [1.807, 2.05) is 30.3 Å². The van der Waals surface area contributed by atoms with E-state index in [9.17, 15) is 4.79 Å². The molecule has 0 unspecified atom stereocenters. The SMILES string of the molecule is COc1cccc(OCCNC(=O)[C@H](C)Oc2ccc3c(c2)CCCC3)c1. The van der Waals surface area contributed by atoms with E-state index in [0.717, 1.165) is 24.3 Å². The van der Waals surface area contributed by atoms with Crippen molar-refractivity contribution in [3.63, 3.8) is 0 Å². The molecule has 2 aromatic rings. The van der Waals surface area contributed by atoms with Crippen molar-refractivity contribution >= 4 is 5.91 Å². The van der Waals surface area contributed by atoms with Crippen LogP contribution in [0.3, 0.4) is 0 Å². The Morgan fingerprint density at radius 3 is 2.63 bits per heavy atom. The number of benzene rings is 2. The van der Waals surface area contributed by atoms with Gasteiger partial charge in [-0.15, -0.1) is 0 Å². The Morgan fingerprint density at radius 1 is 1.04 bits per heavy atom. The lowest BCUT2D eigenvalue weighted by Gasteiger charge is -2.19. The van der Waals surface area contributed by atoms with Gasteiger partial charge in [0, 0.05) is 6.07 Å². The first-order valence-electron chi connectivity index (χ1n) is 9.49. The normalized spacial score (nSPS) is 14.0. The maximum absolute atomic E-state index is 12.2. The highest BCUT2D eigenvalue weighted by Crippen LogP contribution is 2.25. The zero-order valence-electron chi connectivity index (χ0n) is 16.0. The third-order valence-electron chi connectivity index (χ3n) is 4.71. The lowest BCUT2D eigenvalue weighted by atomic mass is 9.92. The van der Waals surface area contributed by atoms with Crippen molar-refractivity contribution in [1.29, 1.82) is 0 Å². The molecule has 0 spiro atoms. The van der Waals surface area contributed by atoms with E-state index in [1.54, 1.807) is 14.0 Å². The highest BCUT2D eigenvalue weighted by atomic mass is 16.5. The predicted octanol–water partition coefficient (Wildman–Crippen LogP) is 3.54. The number of hydrogen-bond acceptors (Lipinski definition) is 4. The van der Waals surface area contributed by atoms with Gasteiger partial charge in [-0.3, -0.25) is 4.79 Å². The number of methoxy groups -OCH3 is 1. The van der Waals surface area contributed by atoms with E-state index in [4.69, 9.17) is 14.2 Å². The standard InChI is InChI=1S/C22H27NO4/c1-16(27-21-11-10-17-6-3-4-7-18(17)14-21)22(24)23-12-13-26-20-9-5-8-19(15-20)25-2/h5,8-11,14-16H,3-4,6-7,12-13H2,1-2H3,(H,23,24)/t16-/m0/s1. The van der Waals surface area contributed by atoms with Gasteiger partial charge in [0.1, 0.15) is 23.9 Å². The minimum Gasteiger partial charge on any atom is -0.497 e. The molecule has 144 valence electrons. The van der Waals surface area contributed by atoms with E-state index in [2.05, 4.69) is 17.4 Å². The highest BCUT2D eigenvalue weighted by Gasteiger charge is 2.16. The van der Waals surface area contributed by atoms with Gasteiger partial charge >= 0.3 is 0 Å². The molecule has 0 aromatic heterocycles. The number of ether oxygens (including phenoxy) is 3. The van der Waals surface area contributed by atoms with Crippen molar-refractivity contribution in [3.8, 4) is 17.2 Å². The van der Waals surface area contributed by atoms with Gasteiger partial charge in [-0.25, -0.2) is 0 Å². The Bertz CT molecular complexity index is 775. The molecule has 5 nitrogen and oxygen atoms in total. The summed E-state index contributed by atoms with van der Waals surface area (Å²) in [5.74, 6) is 2.05. The molecule has 0 heterocycles. The number of carbonyl (C=O) groups excluding carboxylic acids is 1. The van der Waals surface area contributed by atoms with E-state index in [1.165, 1.54) is 24.0 Å². The average Bonchev–Trinajstić information content (AvgIpc) is 2.71. The molecular weight excluding hydrogens is 342 g/mol. The fourth-order valence-electron chi connectivity index (χ4n) is 3.22. The quantitative estimate of drug-likeness (QED) is 0.723. The lowest BCUT2D eigenvalue weighted by Crippen LogP contribution is -2.38. The van der Waals surface area contributed by atoms with Gasteiger partial charge in [0.15, 0.2) is 6.10 Å². The minimum atomic E-state index is -0.552. The maximum atomic E-state index is 12.2. The average molecular weight is 369 g/mol. The van der Waals surface area contributed by atoms with Crippen molar-refractivity contribution in [3.05, 3.63) is 53.6 Å². The summed E-state index contributed by atoms with van der Waals surface area (Å²) in [5.41, 5.74) is 2.75. The number of aryl methyl sites for hydroxylation is 2. The van der Waals surface area contributed by atoms with Gasteiger partial charge in [-0.05, 0) is 68.0 Å². The summed E-state index contributed by atoms with van der Waals surface area (Å²) in [5, 5.41) is 2.84. The molecule has 0 saturated carbocycles. The lowest BCUT2D eigenvalue weighted by molar-refractivity contribution is -0.127. The third kappa shape index (κ3) is 5.39. The van der Waals surface area contributed by atoms with E-state index >= 15 is 0 Å². The fourth-order valence-corrected chi connectivity index (χ4v) is 3.22. The molecule has 1 atom stereocenters. The van der Waals surface area contributed by atoms with Crippen LogP contribution in [0.4, 0.5) is 0 Å². The second-order valence-corrected chi connectivity index (χ2v) is 6.72. The van der Waals surface area contributed by atoms with Crippen LogP contribution in [0.25, 0.3) is 0 Å². The molecule has 0 bridgehead atoms. The molecule has 1 aliphatic carbocycles. The molecule has 1 N–H and O–H groups in total. The number of carbonyl (C=O) groups is 1. The summed E-state index contributed by atoms with van der Waals surface area (Å²) in [4.78, 5) is 12.2. The van der Waals surface area contributed by atoms with Crippen LogP contribution in [0.15, 0.2) is 42.5 Å². The summed E-state index contributed by atoms with van der Waals surface area (Å²) in [6.07, 6.45) is 4.15. The van der Waals surface area contributed by atoms with Crippen LogP contribution in [0.1, 0.15) is 30.9 Å². The van der Waals surface area contributed by atoms with Gasteiger partial charge in [-0.1, -0.05) is 12.1 Å². The molecule has 3 rings (SSSR count). The van der Waals surface area contributed by atoms with Gasteiger partial charge in [0.2, 0.25) is 0 Å². The molecule has 0 aliphatic heterocycles. The first-order chi connectivity index (χ1) is 13.2. The van der Waals surface area contributed by atoms with E-state index in [0.29, 0.717) is 18.9 Å².